The van der Waals surface area contributed by atoms with Crippen LogP contribution in [0.1, 0.15) is 30.1 Å². The molecule has 5 heteroatoms. The molecule has 0 aliphatic heterocycles. The molecule has 0 atom stereocenters. The molecule has 1 amide bonds. The van der Waals surface area contributed by atoms with Crippen molar-refractivity contribution in [3.8, 4) is 5.88 Å². The highest BCUT2D eigenvalue weighted by Gasteiger charge is 2.11. The van der Waals surface area contributed by atoms with Gasteiger partial charge in [0.25, 0.3) is 0 Å². The zero-order valence-electron chi connectivity index (χ0n) is 10.1. The molecule has 0 radical (unpaired) electrons. The van der Waals surface area contributed by atoms with Gasteiger partial charge >= 0.3 is 0 Å². The Morgan fingerprint density at radius 3 is 2.72 bits per heavy atom. The van der Waals surface area contributed by atoms with Gasteiger partial charge in [-0.2, -0.15) is 0 Å². The van der Waals surface area contributed by atoms with E-state index in [1.165, 1.54) is 6.20 Å². The molecular formula is C13H15N3O2. The number of carbonyl (C=O) groups excluding carboxylic acids is 1. The number of primary amides is 1. The summed E-state index contributed by atoms with van der Waals surface area (Å²) in [5, 5.41) is 0. The molecule has 1 heterocycles. The minimum atomic E-state index is -0.502. The predicted octanol–water partition coefficient (Wildman–Crippen LogP) is 1.47. The van der Waals surface area contributed by atoms with E-state index in [0.717, 1.165) is 29.9 Å². The lowest BCUT2D eigenvalue weighted by Gasteiger charge is -2.16. The van der Waals surface area contributed by atoms with Crippen molar-refractivity contribution in [3.63, 3.8) is 0 Å². The van der Waals surface area contributed by atoms with Crippen molar-refractivity contribution in [1.82, 2.24) is 4.98 Å². The second kappa shape index (κ2) is 4.91. The number of hydrogen-bond donors (Lipinski definition) is 2. The Labute approximate surface area is 105 Å². The first-order valence-corrected chi connectivity index (χ1v) is 5.66. The molecule has 0 spiro atoms. The third-order valence-electron chi connectivity index (χ3n) is 2.73. The Kier molecular flexibility index (Phi) is 3.32. The number of hydrogen-bond acceptors (Lipinski definition) is 4. The average molecular weight is 245 g/mol. The lowest BCUT2D eigenvalue weighted by molar-refractivity contribution is 0.1000. The zero-order chi connectivity index (χ0) is 13.1. The number of amides is 1. The molecule has 1 aliphatic carbocycles. The van der Waals surface area contributed by atoms with Gasteiger partial charge in [-0.25, -0.2) is 4.98 Å². The standard InChI is InChI=1S/C13H15N3O2/c1-8-6-10(14)3-4-11(8)18-12-5-2-9(7-16-12)13(15)17/h2,5-7H,3-4,14H2,1H3,(H2,15,17). The van der Waals surface area contributed by atoms with Gasteiger partial charge in [0.1, 0.15) is 5.76 Å². The average Bonchev–Trinajstić information content (AvgIpc) is 2.33. The molecule has 18 heavy (non-hydrogen) atoms. The van der Waals surface area contributed by atoms with Crippen LogP contribution in [-0.2, 0) is 0 Å². The fraction of sp³-hybridized carbons (Fsp3) is 0.231. The molecule has 4 N–H and O–H groups in total. The van der Waals surface area contributed by atoms with Crippen LogP contribution in [0.5, 0.6) is 5.88 Å². The maximum Gasteiger partial charge on any atom is 0.250 e. The Bertz CT molecular complexity index is 530. The van der Waals surface area contributed by atoms with Gasteiger partial charge in [-0.15, -0.1) is 0 Å². The summed E-state index contributed by atoms with van der Waals surface area (Å²) < 4.78 is 5.67. The van der Waals surface area contributed by atoms with Crippen LogP contribution in [0, 0.1) is 0 Å². The summed E-state index contributed by atoms with van der Waals surface area (Å²) in [5.41, 5.74) is 13.1. The number of ether oxygens (including phenoxy) is 1. The minimum Gasteiger partial charge on any atom is -0.443 e. The van der Waals surface area contributed by atoms with Crippen molar-refractivity contribution in [1.29, 1.82) is 0 Å². The summed E-state index contributed by atoms with van der Waals surface area (Å²) in [4.78, 5) is 14.9. The number of allylic oxidation sites excluding steroid dienone is 4. The molecule has 1 aliphatic rings. The Morgan fingerprint density at radius 2 is 2.17 bits per heavy atom. The maximum atomic E-state index is 10.9. The second-order valence-corrected chi connectivity index (χ2v) is 4.18. The van der Waals surface area contributed by atoms with Gasteiger partial charge in [-0.05, 0) is 31.1 Å². The van der Waals surface area contributed by atoms with Crippen molar-refractivity contribution in [2.75, 3.05) is 0 Å². The van der Waals surface area contributed by atoms with Gasteiger partial charge in [-0.3, -0.25) is 4.79 Å². The van der Waals surface area contributed by atoms with Crippen molar-refractivity contribution < 1.29 is 9.53 Å². The van der Waals surface area contributed by atoms with E-state index in [-0.39, 0.29) is 0 Å². The van der Waals surface area contributed by atoms with Gasteiger partial charge in [-0.1, -0.05) is 0 Å². The van der Waals surface area contributed by atoms with Crippen molar-refractivity contribution in [2.45, 2.75) is 19.8 Å². The van der Waals surface area contributed by atoms with Gasteiger partial charge in [0, 0.05) is 24.4 Å². The minimum absolute atomic E-state index is 0.362. The highest BCUT2D eigenvalue weighted by atomic mass is 16.5. The van der Waals surface area contributed by atoms with E-state index in [0.29, 0.717) is 11.4 Å². The predicted molar refractivity (Wildman–Crippen MR) is 67.6 cm³/mol. The first-order valence-electron chi connectivity index (χ1n) is 5.66. The summed E-state index contributed by atoms with van der Waals surface area (Å²) >= 11 is 0. The normalized spacial score (nSPS) is 15.3. The summed E-state index contributed by atoms with van der Waals surface area (Å²) in [6.07, 6.45) is 4.84. The maximum absolute atomic E-state index is 10.9. The van der Waals surface area contributed by atoms with E-state index in [1.54, 1.807) is 12.1 Å². The number of aromatic nitrogens is 1. The van der Waals surface area contributed by atoms with Gasteiger partial charge in [0.15, 0.2) is 0 Å². The van der Waals surface area contributed by atoms with E-state index in [4.69, 9.17) is 16.2 Å². The molecule has 0 saturated carbocycles. The largest absolute Gasteiger partial charge is 0.443 e. The third kappa shape index (κ3) is 2.68. The number of nitrogens with zero attached hydrogens (tertiary/aromatic N) is 1. The molecule has 5 nitrogen and oxygen atoms in total. The highest BCUT2D eigenvalue weighted by molar-refractivity contribution is 5.92. The summed E-state index contributed by atoms with van der Waals surface area (Å²) in [5.74, 6) is 0.796. The third-order valence-corrected chi connectivity index (χ3v) is 2.73. The van der Waals surface area contributed by atoms with E-state index < -0.39 is 5.91 Å². The van der Waals surface area contributed by atoms with Crippen LogP contribution in [0.25, 0.3) is 0 Å². The molecule has 2 rings (SSSR count). The molecule has 94 valence electrons. The van der Waals surface area contributed by atoms with Gasteiger partial charge in [0.05, 0.1) is 5.56 Å². The van der Waals surface area contributed by atoms with Crippen molar-refractivity contribution in [2.24, 2.45) is 11.5 Å². The number of carbonyl (C=O) groups is 1. The topological polar surface area (TPSA) is 91.2 Å². The van der Waals surface area contributed by atoms with E-state index in [2.05, 4.69) is 4.98 Å². The van der Waals surface area contributed by atoms with Crippen LogP contribution in [0.4, 0.5) is 0 Å². The lowest BCUT2D eigenvalue weighted by atomic mass is 10.0. The first-order chi connectivity index (χ1) is 8.56. The first kappa shape index (κ1) is 12.2. The number of nitrogens with two attached hydrogens (primary N) is 2. The Morgan fingerprint density at radius 1 is 1.39 bits per heavy atom. The molecule has 0 bridgehead atoms. The summed E-state index contributed by atoms with van der Waals surface area (Å²) in [6.45, 7) is 1.94. The molecule has 1 aromatic rings. The SMILES string of the molecule is CC1=C(Oc2ccc(C(N)=O)cn2)CCC(N)=C1. The number of rotatable bonds is 3. The highest BCUT2D eigenvalue weighted by Crippen LogP contribution is 2.23. The zero-order valence-corrected chi connectivity index (χ0v) is 10.1. The molecule has 0 fully saturated rings. The lowest BCUT2D eigenvalue weighted by Crippen LogP contribution is -2.12. The van der Waals surface area contributed by atoms with E-state index >= 15 is 0 Å². The second-order valence-electron chi connectivity index (χ2n) is 4.18. The monoisotopic (exact) mass is 245 g/mol. The fourth-order valence-electron chi connectivity index (χ4n) is 1.73. The molecular weight excluding hydrogens is 230 g/mol. The van der Waals surface area contributed by atoms with Crippen LogP contribution in [0.3, 0.4) is 0 Å². The van der Waals surface area contributed by atoms with Crippen LogP contribution >= 0.6 is 0 Å². The molecule has 0 saturated heterocycles. The van der Waals surface area contributed by atoms with Crippen LogP contribution in [0.2, 0.25) is 0 Å². The van der Waals surface area contributed by atoms with Crippen molar-refractivity contribution >= 4 is 5.91 Å². The van der Waals surface area contributed by atoms with Crippen LogP contribution in [-0.4, -0.2) is 10.9 Å². The fourth-order valence-corrected chi connectivity index (χ4v) is 1.73. The van der Waals surface area contributed by atoms with Crippen molar-refractivity contribution in [3.05, 3.63) is 47.0 Å². The van der Waals surface area contributed by atoms with E-state index in [1.807, 2.05) is 13.0 Å². The summed E-state index contributed by atoms with van der Waals surface area (Å²) in [7, 11) is 0. The number of pyridine rings is 1. The smallest absolute Gasteiger partial charge is 0.250 e. The van der Waals surface area contributed by atoms with Crippen LogP contribution < -0.4 is 16.2 Å². The Balaban J connectivity index is 2.15. The Hall–Kier alpha value is -2.30. The van der Waals surface area contributed by atoms with Gasteiger partial charge in [0.2, 0.25) is 11.8 Å². The van der Waals surface area contributed by atoms with E-state index in [9.17, 15) is 4.79 Å². The quantitative estimate of drug-likeness (QED) is 0.843. The molecule has 0 unspecified atom stereocenters. The van der Waals surface area contributed by atoms with Gasteiger partial charge < -0.3 is 16.2 Å². The van der Waals surface area contributed by atoms with Crippen LogP contribution in [0.15, 0.2) is 41.4 Å². The molecule has 1 aromatic heterocycles. The summed E-state index contributed by atoms with van der Waals surface area (Å²) in [6, 6.07) is 3.22. The molecule has 0 aromatic carbocycles.